The summed E-state index contributed by atoms with van der Waals surface area (Å²) in [6.45, 7) is 9.57. The van der Waals surface area contributed by atoms with Crippen LogP contribution in [0.1, 0.15) is 63.5 Å². The average Bonchev–Trinajstić information content (AvgIpc) is 3.49. The normalized spacial score (nSPS) is 21.7. The van der Waals surface area contributed by atoms with Crippen molar-refractivity contribution in [2.75, 3.05) is 42.9 Å². The summed E-state index contributed by atoms with van der Waals surface area (Å²) in [6.07, 6.45) is 9.78. The minimum Gasteiger partial charge on any atom is -0.370 e. The molecule has 1 aromatic carbocycles. The second kappa shape index (κ2) is 12.0. The minimum atomic E-state index is 0.0228. The van der Waals surface area contributed by atoms with E-state index in [0.29, 0.717) is 23.6 Å². The van der Waals surface area contributed by atoms with Crippen LogP contribution in [0.25, 0.3) is 11.0 Å². The van der Waals surface area contributed by atoms with Crippen molar-refractivity contribution >= 4 is 40.0 Å². The summed E-state index contributed by atoms with van der Waals surface area (Å²) >= 11 is 6.84. The molecule has 0 radical (unpaired) electrons. The molecule has 0 spiro atoms. The molecule has 6 rings (SSSR count). The number of aromatic nitrogens is 3. The molecule has 214 valence electrons. The van der Waals surface area contributed by atoms with Gasteiger partial charge in [-0.2, -0.15) is 4.98 Å². The average molecular weight is 564 g/mol. The quantitative estimate of drug-likeness (QED) is 0.354. The van der Waals surface area contributed by atoms with Crippen LogP contribution in [0.2, 0.25) is 5.02 Å². The van der Waals surface area contributed by atoms with E-state index in [-0.39, 0.29) is 11.6 Å². The second-order valence-electron chi connectivity index (χ2n) is 11.9. The number of anilines is 3. The van der Waals surface area contributed by atoms with Crippen molar-refractivity contribution in [2.45, 2.75) is 70.9 Å². The van der Waals surface area contributed by atoms with Crippen molar-refractivity contribution < 1.29 is 0 Å². The molecular weight excluding hydrogens is 522 g/mol. The molecule has 1 aliphatic carbocycles. The Hall–Kier alpha value is -2.68. The summed E-state index contributed by atoms with van der Waals surface area (Å²) in [5, 5.41) is 12.3. The summed E-state index contributed by atoms with van der Waals surface area (Å²) in [7, 11) is 0. The largest absolute Gasteiger partial charge is 0.370 e. The Morgan fingerprint density at radius 2 is 1.93 bits per heavy atom. The third-order valence-corrected chi connectivity index (χ3v) is 9.74. The molecule has 3 N–H and O–H groups in total. The molecule has 2 aliphatic heterocycles. The highest BCUT2D eigenvalue weighted by Crippen LogP contribution is 2.36. The summed E-state index contributed by atoms with van der Waals surface area (Å²) in [6, 6.07) is 8.62. The van der Waals surface area contributed by atoms with E-state index in [0.717, 1.165) is 91.7 Å². The molecule has 9 heteroatoms. The SMILES string of the molecule is CCC(C1CCN(c2ccc(Nc3ncc4c(C)cc(=O)n(C5CCCC5)c4n3)cc2Cl)CC1)C1CNCCN1. The van der Waals surface area contributed by atoms with Crippen LogP contribution in [0, 0.1) is 18.8 Å². The van der Waals surface area contributed by atoms with Crippen molar-refractivity contribution in [1.82, 2.24) is 25.2 Å². The fourth-order valence-electron chi connectivity index (χ4n) is 7.31. The van der Waals surface area contributed by atoms with Gasteiger partial charge in [0, 0.05) is 68.1 Å². The third-order valence-electron chi connectivity index (χ3n) is 9.44. The van der Waals surface area contributed by atoms with Gasteiger partial charge >= 0.3 is 0 Å². The Kier molecular flexibility index (Phi) is 8.28. The standard InChI is InChI=1S/C31H42ClN7O/c1-3-24(27-19-33-12-13-34-27)21-10-14-38(15-11-21)28-9-8-22(17-26(28)32)36-31-35-18-25-20(2)16-29(40)39(30(25)37-31)23-6-4-5-7-23/h8-9,16-18,21,23-24,27,33-34H,3-7,10-15,19H2,1-2H3,(H,35,36,37). The number of benzene rings is 1. The molecule has 8 nitrogen and oxygen atoms in total. The minimum absolute atomic E-state index is 0.0228. The molecule has 0 bridgehead atoms. The van der Waals surface area contributed by atoms with Crippen LogP contribution in [0.15, 0.2) is 35.3 Å². The number of pyridine rings is 1. The summed E-state index contributed by atoms with van der Waals surface area (Å²) in [5.41, 5.74) is 3.57. The Labute approximate surface area is 241 Å². The molecule has 2 atom stereocenters. The Morgan fingerprint density at radius 3 is 2.62 bits per heavy atom. The van der Waals surface area contributed by atoms with E-state index >= 15 is 0 Å². The number of fused-ring (bicyclic) bond motifs is 1. The smallest absolute Gasteiger partial charge is 0.252 e. The zero-order valence-corrected chi connectivity index (χ0v) is 24.5. The number of aryl methyl sites for hydroxylation is 1. The Morgan fingerprint density at radius 1 is 1.12 bits per heavy atom. The summed E-state index contributed by atoms with van der Waals surface area (Å²) < 4.78 is 1.88. The lowest BCUT2D eigenvalue weighted by atomic mass is 9.78. The van der Waals surface area contributed by atoms with Gasteiger partial charge in [0.1, 0.15) is 5.65 Å². The molecule has 2 aromatic heterocycles. The fourth-order valence-corrected chi connectivity index (χ4v) is 7.61. The topological polar surface area (TPSA) is 87.1 Å². The molecule has 3 fully saturated rings. The highest BCUT2D eigenvalue weighted by molar-refractivity contribution is 6.33. The Balaban J connectivity index is 1.16. The maximum atomic E-state index is 13.0. The van der Waals surface area contributed by atoms with Crippen LogP contribution in [-0.4, -0.2) is 53.3 Å². The lowest BCUT2D eigenvalue weighted by Gasteiger charge is -2.41. The number of piperazine rings is 1. The number of piperidine rings is 1. The van der Waals surface area contributed by atoms with Crippen LogP contribution in [0.4, 0.5) is 17.3 Å². The van der Waals surface area contributed by atoms with Crippen molar-refractivity contribution in [1.29, 1.82) is 0 Å². The highest BCUT2D eigenvalue weighted by Gasteiger charge is 2.32. The lowest BCUT2D eigenvalue weighted by Crippen LogP contribution is -2.54. The van der Waals surface area contributed by atoms with E-state index in [1.165, 1.54) is 19.3 Å². The zero-order chi connectivity index (χ0) is 27.6. The molecule has 2 saturated heterocycles. The van der Waals surface area contributed by atoms with Crippen LogP contribution in [0.3, 0.4) is 0 Å². The van der Waals surface area contributed by atoms with Gasteiger partial charge in [0.05, 0.1) is 10.7 Å². The van der Waals surface area contributed by atoms with E-state index < -0.39 is 0 Å². The van der Waals surface area contributed by atoms with E-state index in [9.17, 15) is 4.79 Å². The van der Waals surface area contributed by atoms with Gasteiger partial charge in [-0.3, -0.25) is 9.36 Å². The molecule has 1 saturated carbocycles. The molecule has 40 heavy (non-hydrogen) atoms. The summed E-state index contributed by atoms with van der Waals surface area (Å²) in [5.74, 6) is 1.94. The zero-order valence-electron chi connectivity index (χ0n) is 23.8. The maximum absolute atomic E-state index is 13.0. The van der Waals surface area contributed by atoms with Gasteiger partial charge in [0.15, 0.2) is 0 Å². The number of hydrogen-bond donors (Lipinski definition) is 3. The number of nitrogens with one attached hydrogen (secondary N) is 3. The van der Waals surface area contributed by atoms with E-state index in [1.54, 1.807) is 6.07 Å². The van der Waals surface area contributed by atoms with Crippen LogP contribution < -0.4 is 26.4 Å². The van der Waals surface area contributed by atoms with Crippen molar-refractivity contribution in [3.8, 4) is 0 Å². The number of rotatable bonds is 7. The molecule has 3 aromatic rings. The van der Waals surface area contributed by atoms with Crippen molar-refractivity contribution in [3.63, 3.8) is 0 Å². The van der Waals surface area contributed by atoms with Gasteiger partial charge in [0.25, 0.3) is 5.56 Å². The molecule has 4 heterocycles. The molecular formula is C31H42ClN7O. The van der Waals surface area contributed by atoms with Gasteiger partial charge in [-0.25, -0.2) is 4.98 Å². The number of halogens is 1. The van der Waals surface area contributed by atoms with Crippen molar-refractivity contribution in [2.24, 2.45) is 11.8 Å². The van der Waals surface area contributed by atoms with Gasteiger partial charge in [-0.1, -0.05) is 37.8 Å². The second-order valence-corrected chi connectivity index (χ2v) is 12.3. The third kappa shape index (κ3) is 5.58. The van der Waals surface area contributed by atoms with Gasteiger partial charge in [-0.05, 0) is 68.2 Å². The number of nitrogens with zero attached hydrogens (tertiary/aromatic N) is 4. The highest BCUT2D eigenvalue weighted by atomic mass is 35.5. The molecule has 3 aliphatic rings. The van der Waals surface area contributed by atoms with E-state index in [2.05, 4.69) is 38.8 Å². The fraction of sp³-hybridized carbons (Fsp3) is 0.581. The van der Waals surface area contributed by atoms with Gasteiger partial charge in [-0.15, -0.1) is 0 Å². The first-order valence-corrected chi connectivity index (χ1v) is 15.5. The monoisotopic (exact) mass is 563 g/mol. The van der Waals surface area contributed by atoms with Gasteiger partial charge in [0.2, 0.25) is 5.95 Å². The molecule has 2 unspecified atom stereocenters. The van der Waals surface area contributed by atoms with Crippen LogP contribution in [0.5, 0.6) is 0 Å². The lowest BCUT2D eigenvalue weighted by molar-refractivity contribution is 0.191. The predicted octanol–water partition coefficient (Wildman–Crippen LogP) is 5.42. The number of hydrogen-bond acceptors (Lipinski definition) is 7. The van der Waals surface area contributed by atoms with Gasteiger partial charge < -0.3 is 20.9 Å². The maximum Gasteiger partial charge on any atom is 0.252 e. The molecule has 0 amide bonds. The van der Waals surface area contributed by atoms with Crippen molar-refractivity contribution in [3.05, 3.63) is 51.4 Å². The first-order valence-electron chi connectivity index (χ1n) is 15.2. The van der Waals surface area contributed by atoms with Crippen LogP contribution >= 0.6 is 11.6 Å². The first-order chi connectivity index (χ1) is 19.5. The first kappa shape index (κ1) is 27.5. The van der Waals surface area contributed by atoms with Crippen LogP contribution in [-0.2, 0) is 0 Å². The predicted molar refractivity (Wildman–Crippen MR) is 164 cm³/mol. The van der Waals surface area contributed by atoms with E-state index in [1.807, 2.05) is 29.8 Å². The van der Waals surface area contributed by atoms with E-state index in [4.69, 9.17) is 16.6 Å². The Bertz CT molecular complexity index is 1390. The summed E-state index contributed by atoms with van der Waals surface area (Å²) in [4.78, 5) is 24.8.